The van der Waals surface area contributed by atoms with Crippen molar-refractivity contribution in [3.05, 3.63) is 35.9 Å². The van der Waals surface area contributed by atoms with Crippen molar-refractivity contribution < 1.29 is 18.7 Å². The molecule has 1 atom stereocenters. The Bertz CT molecular complexity index is 475. The zero-order valence-corrected chi connectivity index (χ0v) is 17.0. The molecule has 0 N–H and O–H groups in total. The molecule has 0 saturated carbocycles. The van der Waals surface area contributed by atoms with Crippen LogP contribution < -0.4 is 0 Å². The number of esters is 1. The SMILES string of the molecule is COCC1(c2ccccc2)CCOC1=O.C[Si](C)(C)OCCBr. The van der Waals surface area contributed by atoms with Gasteiger partial charge in [-0.25, -0.2) is 0 Å². The van der Waals surface area contributed by atoms with Gasteiger partial charge < -0.3 is 13.9 Å². The molecule has 6 heteroatoms. The number of halogens is 1. The molecule has 1 fully saturated rings. The number of hydrogen-bond donors (Lipinski definition) is 0. The van der Waals surface area contributed by atoms with Gasteiger partial charge in [0.15, 0.2) is 8.32 Å². The number of rotatable bonds is 6. The molecular formula is C17H27BrO4Si. The van der Waals surface area contributed by atoms with Crippen LogP contribution in [-0.2, 0) is 24.1 Å². The fraction of sp³-hybridized carbons (Fsp3) is 0.588. The van der Waals surface area contributed by atoms with E-state index in [0.29, 0.717) is 19.6 Å². The molecule has 1 heterocycles. The van der Waals surface area contributed by atoms with Crippen molar-refractivity contribution in [3.63, 3.8) is 0 Å². The van der Waals surface area contributed by atoms with E-state index in [2.05, 4.69) is 35.6 Å². The normalized spacial score (nSPS) is 20.7. The lowest BCUT2D eigenvalue weighted by Crippen LogP contribution is -2.36. The number of carbonyl (C=O) groups excluding carboxylic acids is 1. The Morgan fingerprint density at radius 3 is 2.30 bits per heavy atom. The minimum absolute atomic E-state index is 0.171. The summed E-state index contributed by atoms with van der Waals surface area (Å²) in [7, 11) is 0.399. The third-order valence-corrected chi connectivity index (χ3v) is 4.88. The summed E-state index contributed by atoms with van der Waals surface area (Å²) in [6.45, 7) is 8.30. The Labute approximate surface area is 148 Å². The van der Waals surface area contributed by atoms with E-state index in [1.165, 1.54) is 0 Å². The first kappa shape index (κ1) is 20.4. The van der Waals surface area contributed by atoms with Crippen molar-refractivity contribution in [1.82, 2.24) is 0 Å². The number of benzene rings is 1. The average molecular weight is 403 g/mol. The highest BCUT2D eigenvalue weighted by atomic mass is 79.9. The van der Waals surface area contributed by atoms with Crippen LogP contribution in [0.1, 0.15) is 12.0 Å². The molecule has 0 spiro atoms. The molecule has 2 rings (SSSR count). The first-order valence-corrected chi connectivity index (χ1v) is 12.3. The molecule has 23 heavy (non-hydrogen) atoms. The van der Waals surface area contributed by atoms with Crippen molar-refractivity contribution in [2.45, 2.75) is 31.5 Å². The summed E-state index contributed by atoms with van der Waals surface area (Å²) >= 11 is 3.30. The third-order valence-electron chi connectivity index (χ3n) is 3.48. The maximum atomic E-state index is 11.8. The fourth-order valence-corrected chi connectivity index (χ4v) is 3.56. The van der Waals surface area contributed by atoms with Crippen LogP contribution in [0.5, 0.6) is 0 Å². The molecule has 1 aromatic carbocycles. The molecule has 0 bridgehead atoms. The standard InChI is InChI=1S/C12H14O3.C5H13BrOSi/c1-14-9-12(7-8-15-11(12)13)10-5-3-2-4-6-10;1-8(2,3)7-5-4-6/h2-6H,7-9H2,1H3;4-5H2,1-3H3. The van der Waals surface area contributed by atoms with E-state index in [1.54, 1.807) is 7.11 Å². The van der Waals surface area contributed by atoms with Crippen LogP contribution in [-0.4, -0.2) is 46.5 Å². The Morgan fingerprint density at radius 2 is 1.91 bits per heavy atom. The second-order valence-corrected chi connectivity index (χ2v) is 11.7. The van der Waals surface area contributed by atoms with Crippen LogP contribution >= 0.6 is 15.9 Å². The molecule has 1 saturated heterocycles. The van der Waals surface area contributed by atoms with Gasteiger partial charge >= 0.3 is 5.97 Å². The van der Waals surface area contributed by atoms with Crippen LogP contribution in [0.2, 0.25) is 19.6 Å². The van der Waals surface area contributed by atoms with Crippen LogP contribution in [0.25, 0.3) is 0 Å². The Kier molecular flexibility index (Phi) is 8.46. The zero-order chi connectivity index (χ0) is 17.3. The Balaban J connectivity index is 0.000000284. The number of alkyl halides is 1. The van der Waals surface area contributed by atoms with Gasteiger partial charge in [-0.05, 0) is 25.2 Å². The molecule has 130 valence electrons. The summed E-state index contributed by atoms with van der Waals surface area (Å²) in [6.07, 6.45) is 0.698. The van der Waals surface area contributed by atoms with E-state index in [1.807, 2.05) is 30.3 Å². The highest BCUT2D eigenvalue weighted by Gasteiger charge is 2.46. The summed E-state index contributed by atoms with van der Waals surface area (Å²) in [5.41, 5.74) is 0.394. The van der Waals surface area contributed by atoms with Crippen molar-refractivity contribution in [2.75, 3.05) is 32.3 Å². The topological polar surface area (TPSA) is 44.8 Å². The van der Waals surface area contributed by atoms with Gasteiger partial charge in [0.25, 0.3) is 0 Å². The van der Waals surface area contributed by atoms with Crippen molar-refractivity contribution in [2.24, 2.45) is 0 Å². The van der Waals surface area contributed by atoms with Gasteiger partial charge in [0.1, 0.15) is 5.41 Å². The molecule has 1 unspecified atom stereocenters. The number of carbonyl (C=O) groups is 1. The van der Waals surface area contributed by atoms with Crippen molar-refractivity contribution in [1.29, 1.82) is 0 Å². The van der Waals surface area contributed by atoms with Gasteiger partial charge in [-0.15, -0.1) is 0 Å². The smallest absolute Gasteiger partial charge is 0.319 e. The molecular weight excluding hydrogens is 376 g/mol. The first-order valence-electron chi connectivity index (χ1n) is 7.77. The second kappa shape index (κ2) is 9.57. The molecule has 0 radical (unpaired) electrons. The predicted octanol–water partition coefficient (Wildman–Crippen LogP) is 3.75. The number of hydrogen-bond acceptors (Lipinski definition) is 4. The Hall–Kier alpha value is -0.693. The first-order chi connectivity index (χ1) is 10.9. The molecule has 0 aliphatic carbocycles. The summed E-state index contributed by atoms with van der Waals surface area (Å²) in [4.78, 5) is 11.8. The van der Waals surface area contributed by atoms with Gasteiger partial charge in [0, 0.05) is 25.5 Å². The molecule has 0 aromatic heterocycles. The van der Waals surface area contributed by atoms with Crippen molar-refractivity contribution >= 4 is 30.2 Å². The predicted molar refractivity (Wildman–Crippen MR) is 98.7 cm³/mol. The molecule has 0 amide bonds. The largest absolute Gasteiger partial charge is 0.465 e. The number of ether oxygens (including phenoxy) is 2. The quantitative estimate of drug-likeness (QED) is 0.412. The van der Waals surface area contributed by atoms with E-state index < -0.39 is 13.7 Å². The van der Waals surface area contributed by atoms with E-state index in [9.17, 15) is 4.79 Å². The summed E-state index contributed by atoms with van der Waals surface area (Å²) in [6, 6.07) is 9.69. The second-order valence-electron chi connectivity index (χ2n) is 6.42. The molecule has 4 nitrogen and oxygen atoms in total. The van der Waals surface area contributed by atoms with Crippen LogP contribution in [0.4, 0.5) is 0 Å². The van der Waals surface area contributed by atoms with Gasteiger partial charge in [-0.3, -0.25) is 4.79 Å². The number of cyclic esters (lactones) is 1. The highest BCUT2D eigenvalue weighted by molar-refractivity contribution is 9.09. The Morgan fingerprint density at radius 1 is 1.26 bits per heavy atom. The van der Waals surface area contributed by atoms with Gasteiger partial charge in [0.2, 0.25) is 0 Å². The summed E-state index contributed by atoms with van der Waals surface area (Å²) < 4.78 is 15.7. The minimum Gasteiger partial charge on any atom is -0.465 e. The highest BCUT2D eigenvalue weighted by Crippen LogP contribution is 2.34. The van der Waals surface area contributed by atoms with E-state index in [0.717, 1.165) is 17.5 Å². The summed E-state index contributed by atoms with van der Waals surface area (Å²) in [5, 5.41) is 0.956. The maximum absolute atomic E-state index is 11.8. The van der Waals surface area contributed by atoms with Crippen LogP contribution in [0.3, 0.4) is 0 Å². The van der Waals surface area contributed by atoms with Gasteiger partial charge in [-0.2, -0.15) is 0 Å². The zero-order valence-electron chi connectivity index (χ0n) is 14.4. The lowest BCUT2D eigenvalue weighted by atomic mass is 9.80. The maximum Gasteiger partial charge on any atom is 0.319 e. The molecule has 1 aliphatic heterocycles. The summed E-state index contributed by atoms with van der Waals surface area (Å²) in [5.74, 6) is -0.171. The third kappa shape index (κ3) is 6.37. The van der Waals surface area contributed by atoms with Gasteiger partial charge in [0.05, 0.1) is 13.2 Å². The van der Waals surface area contributed by atoms with E-state index in [-0.39, 0.29) is 5.97 Å². The average Bonchev–Trinajstić information content (AvgIpc) is 2.88. The molecule has 1 aromatic rings. The van der Waals surface area contributed by atoms with E-state index >= 15 is 0 Å². The minimum atomic E-state index is -1.21. The monoisotopic (exact) mass is 402 g/mol. The number of methoxy groups -OCH3 is 1. The lowest BCUT2D eigenvalue weighted by molar-refractivity contribution is -0.144. The fourth-order valence-electron chi connectivity index (χ4n) is 2.38. The molecule has 1 aliphatic rings. The lowest BCUT2D eigenvalue weighted by Gasteiger charge is -2.23. The van der Waals surface area contributed by atoms with E-state index in [4.69, 9.17) is 13.9 Å². The van der Waals surface area contributed by atoms with Gasteiger partial charge in [-0.1, -0.05) is 46.3 Å². The van der Waals surface area contributed by atoms with Crippen LogP contribution in [0.15, 0.2) is 30.3 Å². The van der Waals surface area contributed by atoms with Crippen LogP contribution in [0, 0.1) is 0 Å². The van der Waals surface area contributed by atoms with Crippen molar-refractivity contribution in [3.8, 4) is 0 Å².